The highest BCUT2D eigenvalue weighted by molar-refractivity contribution is 7.89. The second kappa shape index (κ2) is 5.94. The van der Waals surface area contributed by atoms with Crippen molar-refractivity contribution < 1.29 is 13.2 Å². The largest absolute Gasteiger partial charge is 0.491 e. The van der Waals surface area contributed by atoms with Crippen molar-refractivity contribution in [3.63, 3.8) is 0 Å². The van der Waals surface area contributed by atoms with Gasteiger partial charge in [0, 0.05) is 12.1 Å². The molecule has 5 nitrogen and oxygen atoms in total. The van der Waals surface area contributed by atoms with Gasteiger partial charge >= 0.3 is 0 Å². The molecule has 1 aliphatic heterocycles. The third-order valence-electron chi connectivity index (χ3n) is 3.57. The average Bonchev–Trinajstić information content (AvgIpc) is 2.76. The van der Waals surface area contributed by atoms with Crippen molar-refractivity contribution in [2.24, 2.45) is 0 Å². The minimum absolute atomic E-state index is 0.0627. The molecule has 21 heavy (non-hydrogen) atoms. The molecule has 0 spiro atoms. The quantitative estimate of drug-likeness (QED) is 0.870. The molecule has 1 atom stereocenters. The summed E-state index contributed by atoms with van der Waals surface area (Å²) in [7, 11) is -3.52. The second-order valence-electron chi connectivity index (χ2n) is 6.19. The summed E-state index contributed by atoms with van der Waals surface area (Å²) >= 11 is 0. The Morgan fingerprint density at radius 3 is 2.62 bits per heavy atom. The zero-order valence-corrected chi connectivity index (χ0v) is 13.9. The van der Waals surface area contributed by atoms with E-state index in [0.717, 1.165) is 24.3 Å². The first kappa shape index (κ1) is 16.3. The van der Waals surface area contributed by atoms with Crippen molar-refractivity contribution in [3.8, 4) is 5.75 Å². The van der Waals surface area contributed by atoms with E-state index < -0.39 is 15.6 Å². The van der Waals surface area contributed by atoms with E-state index in [1.165, 1.54) is 0 Å². The minimum Gasteiger partial charge on any atom is -0.491 e. The molecule has 2 N–H and O–H groups in total. The molecule has 1 unspecified atom stereocenters. The van der Waals surface area contributed by atoms with Crippen LogP contribution < -0.4 is 14.8 Å². The number of hydrogen-bond donors (Lipinski definition) is 2. The van der Waals surface area contributed by atoms with Gasteiger partial charge in [-0.15, -0.1) is 0 Å². The van der Waals surface area contributed by atoms with Gasteiger partial charge in [0.1, 0.15) is 5.75 Å². The van der Waals surface area contributed by atoms with E-state index in [0.29, 0.717) is 6.54 Å². The van der Waals surface area contributed by atoms with Gasteiger partial charge in [0.2, 0.25) is 10.0 Å². The fourth-order valence-corrected chi connectivity index (χ4v) is 3.98. The van der Waals surface area contributed by atoms with E-state index in [-0.39, 0.29) is 11.0 Å². The zero-order valence-electron chi connectivity index (χ0n) is 13.1. The van der Waals surface area contributed by atoms with Crippen LogP contribution in [0, 0.1) is 6.92 Å². The lowest BCUT2D eigenvalue weighted by atomic mass is 10.0. The highest BCUT2D eigenvalue weighted by atomic mass is 32.2. The predicted molar refractivity (Wildman–Crippen MR) is 83.2 cm³/mol. The molecule has 0 aromatic heterocycles. The number of nitrogens with one attached hydrogen (secondary N) is 2. The van der Waals surface area contributed by atoms with E-state index in [4.69, 9.17) is 4.74 Å². The number of hydrogen-bond acceptors (Lipinski definition) is 4. The summed E-state index contributed by atoms with van der Waals surface area (Å²) in [5.41, 5.74) is 0.404. The van der Waals surface area contributed by atoms with Gasteiger partial charge in [0.05, 0.1) is 11.0 Å². The van der Waals surface area contributed by atoms with Crippen LogP contribution in [0.15, 0.2) is 23.1 Å². The van der Waals surface area contributed by atoms with E-state index in [1.807, 2.05) is 27.7 Å². The molecule has 1 heterocycles. The maximum atomic E-state index is 12.5. The van der Waals surface area contributed by atoms with E-state index in [9.17, 15) is 8.42 Å². The zero-order chi connectivity index (χ0) is 15.7. The summed E-state index contributed by atoms with van der Waals surface area (Å²) in [4.78, 5) is 0.282. The van der Waals surface area contributed by atoms with Crippen molar-refractivity contribution >= 4 is 10.0 Å². The Kier molecular flexibility index (Phi) is 4.60. The van der Waals surface area contributed by atoms with E-state index in [2.05, 4.69) is 10.0 Å². The topological polar surface area (TPSA) is 67.4 Å². The van der Waals surface area contributed by atoms with Gasteiger partial charge in [-0.05, 0) is 64.4 Å². The summed E-state index contributed by atoms with van der Waals surface area (Å²) < 4.78 is 33.4. The Bertz CT molecular complexity index is 605. The molecule has 118 valence electrons. The van der Waals surface area contributed by atoms with Gasteiger partial charge in [-0.3, -0.25) is 0 Å². The molecule has 1 saturated heterocycles. The number of aryl methyl sites for hydroxylation is 1. The van der Waals surface area contributed by atoms with Gasteiger partial charge < -0.3 is 10.1 Å². The fourth-order valence-electron chi connectivity index (χ4n) is 2.46. The summed E-state index contributed by atoms with van der Waals surface area (Å²) in [6.07, 6.45) is 0.854. The monoisotopic (exact) mass is 312 g/mol. The number of ether oxygens (including phenoxy) is 1. The molecule has 0 bridgehead atoms. The molecule has 0 aliphatic carbocycles. The lowest BCUT2D eigenvalue weighted by molar-refractivity contribution is 0.240. The van der Waals surface area contributed by atoms with Crippen LogP contribution in [-0.2, 0) is 10.0 Å². The maximum Gasteiger partial charge on any atom is 0.241 e. The number of rotatable bonds is 5. The van der Waals surface area contributed by atoms with Crippen LogP contribution in [0.3, 0.4) is 0 Å². The number of sulfonamides is 1. The van der Waals surface area contributed by atoms with Gasteiger partial charge in [-0.2, -0.15) is 0 Å². The highest BCUT2D eigenvalue weighted by Crippen LogP contribution is 2.24. The molecule has 2 rings (SSSR count). The summed E-state index contributed by atoms with van der Waals surface area (Å²) in [6.45, 7) is 9.15. The van der Waals surface area contributed by atoms with Crippen molar-refractivity contribution in [3.05, 3.63) is 23.8 Å². The number of benzene rings is 1. The third-order valence-corrected chi connectivity index (χ3v) is 5.20. The van der Waals surface area contributed by atoms with Crippen LogP contribution >= 0.6 is 0 Å². The van der Waals surface area contributed by atoms with Crippen LogP contribution in [-0.4, -0.2) is 33.2 Å². The molecule has 6 heteroatoms. The fraction of sp³-hybridized carbons (Fsp3) is 0.600. The van der Waals surface area contributed by atoms with Crippen molar-refractivity contribution in [1.82, 2.24) is 10.0 Å². The van der Waals surface area contributed by atoms with E-state index in [1.54, 1.807) is 18.2 Å². The molecule has 1 aromatic carbocycles. The third kappa shape index (κ3) is 3.96. The molecular weight excluding hydrogens is 288 g/mol. The molecule has 0 saturated carbocycles. The molecular formula is C15H24N2O3S. The second-order valence-corrected chi connectivity index (χ2v) is 7.87. The van der Waals surface area contributed by atoms with Crippen LogP contribution in [0.25, 0.3) is 0 Å². The van der Waals surface area contributed by atoms with Crippen LogP contribution in [0.5, 0.6) is 5.75 Å². The maximum absolute atomic E-state index is 12.5. The van der Waals surface area contributed by atoms with Gasteiger partial charge in [0.25, 0.3) is 0 Å². The van der Waals surface area contributed by atoms with Crippen molar-refractivity contribution in [2.45, 2.75) is 50.7 Å². The van der Waals surface area contributed by atoms with Crippen molar-refractivity contribution in [1.29, 1.82) is 0 Å². The minimum atomic E-state index is -3.52. The predicted octanol–water partition coefficient (Wildman–Crippen LogP) is 1.81. The smallest absolute Gasteiger partial charge is 0.241 e. The molecule has 0 radical (unpaired) electrons. The normalized spacial score (nSPS) is 22.7. The van der Waals surface area contributed by atoms with Gasteiger partial charge in [-0.1, -0.05) is 0 Å². The molecule has 0 amide bonds. The Morgan fingerprint density at radius 2 is 2.10 bits per heavy atom. The SMILES string of the molecule is Cc1cc(S(=O)(=O)NC2(C)CCNC2)ccc1OC(C)C. The summed E-state index contributed by atoms with van der Waals surface area (Å²) in [5, 5.41) is 3.18. The average molecular weight is 312 g/mol. The summed E-state index contributed by atoms with van der Waals surface area (Å²) in [5.74, 6) is 0.720. The Labute approximate surface area is 127 Å². The van der Waals surface area contributed by atoms with E-state index >= 15 is 0 Å². The summed E-state index contributed by atoms with van der Waals surface area (Å²) in [6, 6.07) is 4.98. The Morgan fingerprint density at radius 1 is 1.38 bits per heavy atom. The van der Waals surface area contributed by atoms with Crippen LogP contribution in [0.1, 0.15) is 32.8 Å². The lowest BCUT2D eigenvalue weighted by Crippen LogP contribution is -2.47. The molecule has 1 fully saturated rings. The van der Waals surface area contributed by atoms with Gasteiger partial charge in [0.15, 0.2) is 0 Å². The van der Waals surface area contributed by atoms with Crippen LogP contribution in [0.2, 0.25) is 0 Å². The van der Waals surface area contributed by atoms with Crippen LogP contribution in [0.4, 0.5) is 0 Å². The highest BCUT2D eigenvalue weighted by Gasteiger charge is 2.33. The first-order valence-electron chi connectivity index (χ1n) is 7.24. The first-order valence-corrected chi connectivity index (χ1v) is 8.72. The Hall–Kier alpha value is -1.11. The molecule has 1 aromatic rings. The van der Waals surface area contributed by atoms with Gasteiger partial charge in [-0.25, -0.2) is 13.1 Å². The lowest BCUT2D eigenvalue weighted by Gasteiger charge is -2.24. The Balaban J connectivity index is 2.22. The van der Waals surface area contributed by atoms with Crippen molar-refractivity contribution in [2.75, 3.05) is 13.1 Å². The first-order chi connectivity index (χ1) is 9.72. The molecule has 1 aliphatic rings. The standard InChI is InChI=1S/C15H24N2O3S/c1-11(2)20-14-6-5-13(9-12(14)3)21(18,19)17-15(4)7-8-16-10-15/h5-6,9,11,16-17H,7-8,10H2,1-4H3.